The van der Waals surface area contributed by atoms with Gasteiger partial charge in [-0.2, -0.15) is 0 Å². The summed E-state index contributed by atoms with van der Waals surface area (Å²) >= 11 is 1.94. The van der Waals surface area contributed by atoms with E-state index in [1.54, 1.807) is 0 Å². The van der Waals surface area contributed by atoms with Gasteiger partial charge in [-0.05, 0) is 144 Å². The van der Waals surface area contributed by atoms with Gasteiger partial charge in [0.2, 0.25) is 0 Å². The minimum Gasteiger partial charge on any atom is -0.455 e. The maximum Gasteiger partial charge on any atom is 0.144 e. The first-order chi connectivity index (χ1) is 23.3. The Labute approximate surface area is 284 Å². The highest BCUT2D eigenvalue weighted by Crippen LogP contribution is 2.49. The van der Waals surface area contributed by atoms with Gasteiger partial charge in [-0.25, -0.2) is 0 Å². The maximum atomic E-state index is 6.76. The van der Waals surface area contributed by atoms with E-state index in [1.165, 1.54) is 119 Å². The molecule has 8 aromatic rings. The van der Waals surface area contributed by atoms with Crippen molar-refractivity contribution in [3.05, 3.63) is 163 Å². The number of furan rings is 1. The standard InChI is InChI=1S/C46H34OS/c1-23-15-25(3)39(26(4)16-23)43-35-21-30-20-34-36(22-29(30)19-33(35)41-31-11-7-9-13-37(31)47-45(41)43)44(40-27(5)17-24(2)18-28(40)6)46-42(34)32-12-8-10-14-38(32)48-46/h7-22H,1-6H3. The number of hydrogen-bond acceptors (Lipinski definition) is 2. The number of thiophene rings is 1. The van der Waals surface area contributed by atoms with Crippen molar-refractivity contribution in [1.82, 2.24) is 0 Å². The second-order valence-corrected chi connectivity index (χ2v) is 15.1. The molecule has 10 rings (SSSR count). The first-order valence-corrected chi connectivity index (χ1v) is 17.7. The average molecular weight is 635 g/mol. The molecule has 0 atom stereocenters. The highest BCUT2D eigenvalue weighted by molar-refractivity contribution is 7.21. The quantitative estimate of drug-likeness (QED) is 0.184. The van der Waals surface area contributed by atoms with Crippen molar-refractivity contribution >= 4 is 54.3 Å². The van der Waals surface area contributed by atoms with Gasteiger partial charge in [0.1, 0.15) is 11.3 Å². The molecule has 0 N–H and O–H groups in total. The molecular weight excluding hydrogens is 601 g/mol. The number of aryl methyl sites for hydroxylation is 6. The van der Waals surface area contributed by atoms with Gasteiger partial charge in [0.15, 0.2) is 0 Å². The van der Waals surface area contributed by atoms with Crippen LogP contribution in [0.4, 0.5) is 0 Å². The molecule has 48 heavy (non-hydrogen) atoms. The van der Waals surface area contributed by atoms with Crippen molar-refractivity contribution < 1.29 is 4.42 Å². The van der Waals surface area contributed by atoms with Gasteiger partial charge in [0.25, 0.3) is 0 Å². The maximum absolute atomic E-state index is 6.76. The second kappa shape index (κ2) is 9.69. The van der Waals surface area contributed by atoms with Gasteiger partial charge < -0.3 is 4.42 Å². The highest BCUT2D eigenvalue weighted by atomic mass is 32.1. The van der Waals surface area contributed by atoms with Crippen molar-refractivity contribution in [3.63, 3.8) is 0 Å². The van der Waals surface area contributed by atoms with Crippen molar-refractivity contribution in [2.45, 2.75) is 41.5 Å². The highest BCUT2D eigenvalue weighted by Gasteiger charge is 2.32. The van der Waals surface area contributed by atoms with Crippen LogP contribution in [0.1, 0.15) is 55.1 Å². The van der Waals surface area contributed by atoms with Gasteiger partial charge in [-0.1, -0.05) is 71.8 Å². The summed E-state index contributed by atoms with van der Waals surface area (Å²) in [6.07, 6.45) is 0. The van der Waals surface area contributed by atoms with E-state index >= 15 is 0 Å². The van der Waals surface area contributed by atoms with Gasteiger partial charge in [0.05, 0.1) is 0 Å². The molecule has 0 bridgehead atoms. The fraction of sp³-hybridized carbons (Fsp3) is 0.130. The van der Waals surface area contributed by atoms with E-state index in [4.69, 9.17) is 4.42 Å². The van der Waals surface area contributed by atoms with Crippen molar-refractivity contribution in [3.8, 4) is 22.3 Å². The molecule has 6 aromatic carbocycles. The minimum atomic E-state index is 0.944. The Morgan fingerprint density at radius 1 is 0.479 bits per heavy atom. The monoisotopic (exact) mass is 634 g/mol. The van der Waals surface area contributed by atoms with Crippen LogP contribution in [0.15, 0.2) is 101 Å². The summed E-state index contributed by atoms with van der Waals surface area (Å²) in [6.45, 7) is 13.4. The van der Waals surface area contributed by atoms with Crippen molar-refractivity contribution in [2.75, 3.05) is 0 Å². The van der Waals surface area contributed by atoms with Crippen molar-refractivity contribution in [2.24, 2.45) is 0 Å². The molecule has 0 unspecified atom stereocenters. The van der Waals surface area contributed by atoms with E-state index in [0.717, 1.165) is 11.3 Å². The van der Waals surface area contributed by atoms with Crippen LogP contribution in [0, 0.1) is 41.5 Å². The third kappa shape index (κ3) is 3.67. The van der Waals surface area contributed by atoms with Crippen LogP contribution in [0.25, 0.3) is 65.2 Å². The number of para-hydroxylation sites is 1. The summed E-state index contributed by atoms with van der Waals surface area (Å²) in [7, 11) is 0. The molecule has 0 fully saturated rings. The zero-order valence-corrected chi connectivity index (χ0v) is 28.9. The lowest BCUT2D eigenvalue weighted by Gasteiger charge is -2.13. The van der Waals surface area contributed by atoms with E-state index in [-0.39, 0.29) is 0 Å². The largest absolute Gasteiger partial charge is 0.455 e. The molecule has 0 spiro atoms. The zero-order chi connectivity index (χ0) is 32.6. The van der Waals surface area contributed by atoms with Gasteiger partial charge in [-0.3, -0.25) is 0 Å². The molecule has 2 heterocycles. The zero-order valence-electron chi connectivity index (χ0n) is 28.1. The summed E-state index contributed by atoms with van der Waals surface area (Å²) in [4.78, 5) is 1.39. The Balaban J connectivity index is 1.36. The van der Waals surface area contributed by atoms with E-state index in [0.29, 0.717) is 0 Å². The molecular formula is C46H34OS. The van der Waals surface area contributed by atoms with Gasteiger partial charge in [0, 0.05) is 42.6 Å². The average Bonchev–Trinajstić information content (AvgIpc) is 3.76. The number of fused-ring (bicyclic) bond motifs is 11. The molecule has 0 saturated carbocycles. The molecule has 230 valence electrons. The topological polar surface area (TPSA) is 13.1 Å². The number of rotatable bonds is 2. The number of benzene rings is 6. The van der Waals surface area contributed by atoms with Crippen LogP contribution in [0.3, 0.4) is 0 Å². The Hall–Kier alpha value is -5.18. The molecule has 0 amide bonds. The molecule has 0 radical (unpaired) electrons. The van der Waals surface area contributed by atoms with Gasteiger partial charge >= 0.3 is 0 Å². The Morgan fingerprint density at radius 2 is 1.00 bits per heavy atom. The second-order valence-electron chi connectivity index (χ2n) is 14.0. The first kappa shape index (κ1) is 27.9. The fourth-order valence-electron chi connectivity index (χ4n) is 9.04. The van der Waals surface area contributed by atoms with Crippen LogP contribution in [0.5, 0.6) is 0 Å². The lowest BCUT2D eigenvalue weighted by atomic mass is 9.91. The van der Waals surface area contributed by atoms with E-state index < -0.39 is 0 Å². The smallest absolute Gasteiger partial charge is 0.144 e. The summed E-state index contributed by atoms with van der Waals surface area (Å²) in [5, 5.41) is 7.66. The normalized spacial score (nSPS) is 13.1. The predicted octanol–water partition coefficient (Wildman–Crippen LogP) is 11.1. The van der Waals surface area contributed by atoms with Crippen LogP contribution in [-0.2, 0) is 0 Å². The van der Waals surface area contributed by atoms with Crippen LogP contribution >= 0.6 is 11.3 Å². The summed E-state index contributed by atoms with van der Waals surface area (Å²) in [5.41, 5.74) is 19.3. The first-order valence-electron chi connectivity index (χ1n) is 16.8. The van der Waals surface area contributed by atoms with Crippen LogP contribution in [-0.4, -0.2) is 0 Å². The fourth-order valence-corrected chi connectivity index (χ4v) is 10.3. The van der Waals surface area contributed by atoms with E-state index in [1.807, 2.05) is 11.3 Å². The Bertz CT molecular complexity index is 2640. The molecule has 0 aliphatic heterocycles. The summed E-state index contributed by atoms with van der Waals surface area (Å²) < 4.78 is 8.11. The third-order valence-corrected chi connectivity index (χ3v) is 11.9. The molecule has 0 saturated heterocycles. The van der Waals surface area contributed by atoms with Crippen LogP contribution < -0.4 is 10.4 Å². The molecule has 2 aliphatic carbocycles. The third-order valence-electron chi connectivity index (χ3n) is 10.7. The molecule has 2 aromatic heterocycles. The van der Waals surface area contributed by atoms with E-state index in [2.05, 4.69) is 139 Å². The lowest BCUT2D eigenvalue weighted by Crippen LogP contribution is -2.11. The van der Waals surface area contributed by atoms with Crippen molar-refractivity contribution in [1.29, 1.82) is 0 Å². The predicted molar refractivity (Wildman–Crippen MR) is 204 cm³/mol. The van der Waals surface area contributed by atoms with E-state index in [9.17, 15) is 0 Å². The van der Waals surface area contributed by atoms with Crippen LogP contribution in [0.2, 0.25) is 0 Å². The van der Waals surface area contributed by atoms with Gasteiger partial charge in [-0.15, -0.1) is 11.3 Å². The number of hydrogen-bond donors (Lipinski definition) is 0. The summed E-state index contributed by atoms with van der Waals surface area (Å²) in [5.74, 6) is 0.994. The Morgan fingerprint density at radius 3 is 1.65 bits per heavy atom. The summed E-state index contributed by atoms with van der Waals surface area (Å²) in [6, 6.07) is 36.6. The molecule has 1 nitrogen and oxygen atoms in total. The minimum absolute atomic E-state index is 0.944. The SMILES string of the molecule is Cc1cc(C)c(C2=c3cc4cc5c(cc4cc3-c3c2oc2ccccc32)=C(c2c(C)cc(C)cc2C)c2sc3ccccc3c2-5)c(C)c1. The molecule has 2 aliphatic rings. The Kier molecular flexibility index (Phi) is 5.63. The lowest BCUT2D eigenvalue weighted by molar-refractivity contribution is 0.602. The molecule has 2 heteroatoms.